The van der Waals surface area contributed by atoms with Crippen molar-refractivity contribution in [3.63, 3.8) is 0 Å². The summed E-state index contributed by atoms with van der Waals surface area (Å²) in [6, 6.07) is 14.9. The molecule has 0 saturated heterocycles. The molecular weight excluding hydrogens is 296 g/mol. The van der Waals surface area contributed by atoms with Crippen molar-refractivity contribution in [2.75, 3.05) is 6.54 Å². The van der Waals surface area contributed by atoms with Crippen LogP contribution in [0.5, 0.6) is 0 Å². The van der Waals surface area contributed by atoms with Gasteiger partial charge in [-0.05, 0) is 31.5 Å². The summed E-state index contributed by atoms with van der Waals surface area (Å²) in [5.74, 6) is -0.119. The van der Waals surface area contributed by atoms with Crippen molar-refractivity contribution in [3.8, 4) is 0 Å². The zero-order valence-electron chi connectivity index (χ0n) is 12.7. The van der Waals surface area contributed by atoms with E-state index in [4.69, 9.17) is 0 Å². The van der Waals surface area contributed by atoms with Crippen molar-refractivity contribution in [3.05, 3.63) is 60.3 Å². The van der Waals surface area contributed by atoms with Gasteiger partial charge >= 0.3 is 0 Å². The topological polar surface area (TPSA) is 62.2 Å². The molecular formula is C17H20N2O2S. The van der Waals surface area contributed by atoms with Crippen LogP contribution in [0.2, 0.25) is 0 Å². The molecule has 2 rings (SSSR count). The molecule has 1 aromatic heterocycles. The Labute approximate surface area is 135 Å². The Balaban J connectivity index is 1.89. The van der Waals surface area contributed by atoms with Crippen LogP contribution in [0.3, 0.4) is 0 Å². The van der Waals surface area contributed by atoms with Gasteiger partial charge in [-0.2, -0.15) is 0 Å². The lowest BCUT2D eigenvalue weighted by molar-refractivity contribution is -0.121. The zero-order valence-corrected chi connectivity index (χ0v) is 13.5. The molecule has 4 nitrogen and oxygen atoms in total. The number of pyridine rings is 1. The summed E-state index contributed by atoms with van der Waals surface area (Å²) in [6.07, 6.45) is 1.70. The largest absolute Gasteiger partial charge is 0.384 e. The van der Waals surface area contributed by atoms with Crippen LogP contribution in [0.1, 0.15) is 19.4 Å². The summed E-state index contributed by atoms with van der Waals surface area (Å²) in [6.45, 7) is 3.69. The molecule has 1 heterocycles. The molecule has 0 saturated carbocycles. The number of aliphatic hydroxyl groups is 1. The van der Waals surface area contributed by atoms with Gasteiger partial charge in [0.05, 0.1) is 16.8 Å². The third-order valence-electron chi connectivity index (χ3n) is 3.31. The summed E-state index contributed by atoms with van der Waals surface area (Å²) in [4.78, 5) is 16.3. The van der Waals surface area contributed by atoms with Gasteiger partial charge in [-0.15, -0.1) is 0 Å². The van der Waals surface area contributed by atoms with E-state index in [0.717, 1.165) is 10.6 Å². The van der Waals surface area contributed by atoms with Crippen LogP contribution in [-0.2, 0) is 10.4 Å². The lowest BCUT2D eigenvalue weighted by Crippen LogP contribution is -2.41. The number of amides is 1. The van der Waals surface area contributed by atoms with Crippen LogP contribution >= 0.6 is 11.8 Å². The second-order valence-electron chi connectivity index (χ2n) is 5.29. The Kier molecular flexibility index (Phi) is 5.57. The van der Waals surface area contributed by atoms with E-state index in [1.165, 1.54) is 11.8 Å². The number of hydrogen-bond acceptors (Lipinski definition) is 4. The number of benzene rings is 1. The fourth-order valence-corrected chi connectivity index (χ4v) is 2.79. The first-order chi connectivity index (χ1) is 10.5. The van der Waals surface area contributed by atoms with Crippen molar-refractivity contribution in [1.82, 2.24) is 10.3 Å². The number of thioether (sulfide) groups is 1. The second kappa shape index (κ2) is 7.42. The first-order valence-electron chi connectivity index (χ1n) is 7.12. The molecule has 22 heavy (non-hydrogen) atoms. The van der Waals surface area contributed by atoms with E-state index in [0.29, 0.717) is 0 Å². The van der Waals surface area contributed by atoms with E-state index in [-0.39, 0.29) is 17.7 Å². The van der Waals surface area contributed by atoms with Crippen LogP contribution < -0.4 is 5.32 Å². The summed E-state index contributed by atoms with van der Waals surface area (Å²) < 4.78 is 0. The lowest BCUT2D eigenvalue weighted by atomic mass is 9.96. The maximum Gasteiger partial charge on any atom is 0.233 e. The highest BCUT2D eigenvalue weighted by Crippen LogP contribution is 2.22. The fraction of sp³-hybridized carbons (Fsp3) is 0.294. The minimum absolute atomic E-state index is 0.119. The van der Waals surface area contributed by atoms with Crippen molar-refractivity contribution in [1.29, 1.82) is 0 Å². The molecule has 2 atom stereocenters. The van der Waals surface area contributed by atoms with Gasteiger partial charge in [-0.1, -0.05) is 48.2 Å². The third kappa shape index (κ3) is 4.58. The third-order valence-corrected chi connectivity index (χ3v) is 4.36. The van der Waals surface area contributed by atoms with E-state index in [2.05, 4.69) is 10.3 Å². The lowest BCUT2D eigenvalue weighted by Gasteiger charge is -2.25. The maximum atomic E-state index is 12.2. The van der Waals surface area contributed by atoms with Gasteiger partial charge in [0.1, 0.15) is 5.60 Å². The number of carbonyl (C=O) groups excluding carboxylic acids is 1. The smallest absolute Gasteiger partial charge is 0.233 e. The molecule has 0 spiro atoms. The summed E-state index contributed by atoms with van der Waals surface area (Å²) in [7, 11) is 0. The number of nitrogens with one attached hydrogen (secondary N) is 1. The van der Waals surface area contributed by atoms with Crippen molar-refractivity contribution >= 4 is 17.7 Å². The Hall–Kier alpha value is -1.85. The summed E-state index contributed by atoms with van der Waals surface area (Å²) in [5, 5.41) is 13.8. The van der Waals surface area contributed by atoms with Crippen molar-refractivity contribution in [2.45, 2.75) is 29.7 Å². The van der Waals surface area contributed by atoms with E-state index in [1.807, 2.05) is 55.5 Å². The first kappa shape index (κ1) is 16.5. The zero-order chi connectivity index (χ0) is 16.0. The average molecular weight is 316 g/mol. The number of nitrogens with zero attached hydrogens (tertiary/aromatic N) is 1. The summed E-state index contributed by atoms with van der Waals surface area (Å²) >= 11 is 1.39. The highest BCUT2D eigenvalue weighted by molar-refractivity contribution is 8.00. The Bertz CT molecular complexity index is 603. The normalized spacial score (nSPS) is 14.9. The Morgan fingerprint density at radius 3 is 2.59 bits per heavy atom. The van der Waals surface area contributed by atoms with Gasteiger partial charge in [0.15, 0.2) is 0 Å². The van der Waals surface area contributed by atoms with Crippen LogP contribution in [0.15, 0.2) is 59.8 Å². The number of rotatable bonds is 6. The van der Waals surface area contributed by atoms with Gasteiger partial charge in [0.2, 0.25) is 5.91 Å². The molecule has 0 bridgehead atoms. The van der Waals surface area contributed by atoms with Crippen molar-refractivity contribution in [2.24, 2.45) is 0 Å². The second-order valence-corrected chi connectivity index (χ2v) is 6.65. The molecule has 2 aromatic rings. The van der Waals surface area contributed by atoms with Gasteiger partial charge in [-0.25, -0.2) is 4.98 Å². The molecule has 0 radical (unpaired) electrons. The van der Waals surface area contributed by atoms with Gasteiger partial charge in [0, 0.05) is 6.20 Å². The van der Waals surface area contributed by atoms with Crippen LogP contribution in [0.25, 0.3) is 0 Å². The minimum Gasteiger partial charge on any atom is -0.384 e. The van der Waals surface area contributed by atoms with Gasteiger partial charge in [0.25, 0.3) is 0 Å². The maximum absolute atomic E-state index is 12.2. The Morgan fingerprint density at radius 2 is 1.95 bits per heavy atom. The molecule has 0 aliphatic rings. The molecule has 0 aliphatic carbocycles. The standard InChI is InChI=1S/C17H20N2O2S/c1-13(22-15-10-6-7-11-18-15)16(20)19-12-17(2,21)14-8-4-3-5-9-14/h3-11,13,21H,12H2,1-2H3,(H,19,20). The van der Waals surface area contributed by atoms with Gasteiger partial charge in [-0.3, -0.25) is 4.79 Å². The van der Waals surface area contributed by atoms with Gasteiger partial charge < -0.3 is 10.4 Å². The van der Waals surface area contributed by atoms with E-state index >= 15 is 0 Å². The van der Waals surface area contributed by atoms with Crippen molar-refractivity contribution < 1.29 is 9.90 Å². The van der Waals surface area contributed by atoms with E-state index in [1.54, 1.807) is 13.1 Å². The van der Waals surface area contributed by atoms with Crippen LogP contribution in [0.4, 0.5) is 0 Å². The monoisotopic (exact) mass is 316 g/mol. The highest BCUT2D eigenvalue weighted by atomic mass is 32.2. The first-order valence-corrected chi connectivity index (χ1v) is 8.00. The Morgan fingerprint density at radius 1 is 1.27 bits per heavy atom. The fourth-order valence-electron chi connectivity index (χ4n) is 1.95. The molecule has 0 fully saturated rings. The molecule has 1 aromatic carbocycles. The van der Waals surface area contributed by atoms with Crippen LogP contribution in [-0.4, -0.2) is 27.8 Å². The van der Waals surface area contributed by atoms with E-state index in [9.17, 15) is 9.90 Å². The number of carbonyl (C=O) groups is 1. The minimum atomic E-state index is -1.09. The average Bonchev–Trinajstić information content (AvgIpc) is 2.54. The molecule has 2 N–H and O–H groups in total. The molecule has 2 unspecified atom stereocenters. The predicted octanol–water partition coefficient (Wildman–Crippen LogP) is 2.59. The van der Waals surface area contributed by atoms with Crippen LogP contribution in [0, 0.1) is 0 Å². The molecule has 0 aliphatic heterocycles. The SMILES string of the molecule is CC(Sc1ccccn1)C(=O)NCC(C)(O)c1ccccc1. The summed E-state index contributed by atoms with van der Waals surface area (Å²) in [5.41, 5.74) is -0.313. The number of hydrogen-bond donors (Lipinski definition) is 2. The number of aromatic nitrogens is 1. The highest BCUT2D eigenvalue weighted by Gasteiger charge is 2.25. The molecule has 5 heteroatoms. The van der Waals surface area contributed by atoms with E-state index < -0.39 is 5.60 Å². The molecule has 1 amide bonds. The molecule has 116 valence electrons. The quantitative estimate of drug-likeness (QED) is 0.804. The predicted molar refractivity (Wildman–Crippen MR) is 88.6 cm³/mol.